The van der Waals surface area contributed by atoms with Crippen molar-refractivity contribution in [2.45, 2.75) is 25.3 Å². The Labute approximate surface area is 114 Å². The Morgan fingerprint density at radius 3 is 2.68 bits per heavy atom. The fraction of sp³-hybridized carbons (Fsp3) is 0.533. The molecule has 0 aliphatic carbocycles. The first-order valence-electron chi connectivity index (χ1n) is 6.71. The van der Waals surface area contributed by atoms with Crippen LogP contribution < -0.4 is 10.1 Å². The number of nitrogens with zero attached hydrogens (tertiary/aromatic N) is 1. The minimum absolute atomic E-state index is 0.0776. The van der Waals surface area contributed by atoms with Gasteiger partial charge in [0.1, 0.15) is 5.75 Å². The molecule has 1 amide bonds. The molecule has 1 aliphatic heterocycles. The lowest BCUT2D eigenvalue weighted by Gasteiger charge is -2.35. The number of carbonyl (C=O) groups is 1. The number of carbonyl (C=O) groups excluding carboxylic acids is 1. The minimum atomic E-state index is -0.0776. The van der Waals surface area contributed by atoms with E-state index in [1.165, 1.54) is 0 Å². The minimum Gasteiger partial charge on any atom is -0.497 e. The van der Waals surface area contributed by atoms with Gasteiger partial charge in [-0.2, -0.15) is 0 Å². The number of amides is 1. The van der Waals surface area contributed by atoms with Crippen LogP contribution in [0, 0.1) is 0 Å². The lowest BCUT2D eigenvalue weighted by atomic mass is 9.98. The van der Waals surface area contributed by atoms with Crippen LogP contribution in [0.5, 0.6) is 5.75 Å². The first-order chi connectivity index (χ1) is 9.10. The van der Waals surface area contributed by atoms with Crippen molar-refractivity contribution in [1.29, 1.82) is 0 Å². The number of ether oxygens (including phenoxy) is 1. The summed E-state index contributed by atoms with van der Waals surface area (Å²) < 4.78 is 5.12. The smallest absolute Gasteiger partial charge is 0.254 e. The summed E-state index contributed by atoms with van der Waals surface area (Å²) in [6.45, 7) is 3.82. The molecule has 19 heavy (non-hydrogen) atoms. The zero-order chi connectivity index (χ0) is 13.9. The topological polar surface area (TPSA) is 41.6 Å². The Hall–Kier alpha value is -1.55. The van der Waals surface area contributed by atoms with Gasteiger partial charge in [0.2, 0.25) is 0 Å². The number of rotatable bonds is 4. The molecule has 1 fully saturated rings. The highest BCUT2D eigenvalue weighted by Gasteiger charge is 2.39. The van der Waals surface area contributed by atoms with E-state index in [0.717, 1.165) is 37.2 Å². The van der Waals surface area contributed by atoms with E-state index in [9.17, 15) is 4.79 Å². The number of methoxy groups -OCH3 is 1. The maximum absolute atomic E-state index is 12.6. The molecule has 1 heterocycles. The van der Waals surface area contributed by atoms with Crippen molar-refractivity contribution in [2.75, 3.05) is 27.2 Å². The van der Waals surface area contributed by atoms with Crippen LogP contribution >= 0.6 is 0 Å². The van der Waals surface area contributed by atoms with Crippen molar-refractivity contribution >= 4 is 5.91 Å². The van der Waals surface area contributed by atoms with Gasteiger partial charge in [0.25, 0.3) is 5.91 Å². The molecule has 1 N–H and O–H groups in total. The molecule has 1 unspecified atom stereocenters. The number of benzene rings is 1. The number of hydrogen-bond acceptors (Lipinski definition) is 3. The summed E-state index contributed by atoms with van der Waals surface area (Å²) in [5.74, 6) is 0.883. The van der Waals surface area contributed by atoms with Crippen LogP contribution in [-0.2, 0) is 0 Å². The fourth-order valence-corrected chi connectivity index (χ4v) is 2.82. The summed E-state index contributed by atoms with van der Waals surface area (Å²) >= 11 is 0. The molecule has 0 radical (unpaired) electrons. The zero-order valence-corrected chi connectivity index (χ0v) is 11.9. The molecule has 1 atom stereocenters. The Morgan fingerprint density at radius 1 is 1.42 bits per heavy atom. The monoisotopic (exact) mass is 262 g/mol. The summed E-state index contributed by atoms with van der Waals surface area (Å²) in [5.41, 5.74) is 0.649. The highest BCUT2D eigenvalue weighted by atomic mass is 16.5. The molecule has 4 heteroatoms. The maximum atomic E-state index is 12.6. The third-order valence-electron chi connectivity index (χ3n) is 3.89. The van der Waals surface area contributed by atoms with E-state index >= 15 is 0 Å². The molecule has 1 aromatic rings. The summed E-state index contributed by atoms with van der Waals surface area (Å²) in [6, 6.07) is 7.33. The third kappa shape index (κ3) is 2.73. The Balaban J connectivity index is 2.18. The third-order valence-corrected chi connectivity index (χ3v) is 3.89. The summed E-state index contributed by atoms with van der Waals surface area (Å²) in [5, 5.41) is 3.19. The van der Waals surface area contributed by atoms with Crippen molar-refractivity contribution in [1.82, 2.24) is 10.2 Å². The van der Waals surface area contributed by atoms with Gasteiger partial charge in [0.15, 0.2) is 0 Å². The molecule has 4 nitrogen and oxygen atoms in total. The molecule has 1 aliphatic rings. The molecule has 0 aromatic heterocycles. The maximum Gasteiger partial charge on any atom is 0.254 e. The largest absolute Gasteiger partial charge is 0.497 e. The SMILES string of the molecule is CNCC1(C)CCCN1C(=O)c1ccc(OC)cc1. The van der Waals surface area contributed by atoms with Crippen LogP contribution in [0.1, 0.15) is 30.1 Å². The fourth-order valence-electron chi connectivity index (χ4n) is 2.82. The van der Waals surface area contributed by atoms with Gasteiger partial charge in [-0.1, -0.05) is 0 Å². The van der Waals surface area contributed by atoms with Crippen LogP contribution in [0.2, 0.25) is 0 Å². The Morgan fingerprint density at radius 2 is 2.11 bits per heavy atom. The van der Waals surface area contributed by atoms with Crippen molar-refractivity contribution in [3.8, 4) is 5.75 Å². The van der Waals surface area contributed by atoms with E-state index in [4.69, 9.17) is 4.74 Å². The molecule has 0 saturated carbocycles. The van der Waals surface area contributed by atoms with Gasteiger partial charge < -0.3 is 15.0 Å². The first-order valence-corrected chi connectivity index (χ1v) is 6.71. The average Bonchev–Trinajstić information content (AvgIpc) is 2.80. The summed E-state index contributed by atoms with van der Waals surface area (Å²) in [7, 11) is 3.56. The second kappa shape index (κ2) is 5.61. The molecule has 0 bridgehead atoms. The number of likely N-dealkylation sites (N-methyl/N-ethyl adjacent to an activating group) is 1. The van der Waals surface area contributed by atoms with E-state index in [1.54, 1.807) is 7.11 Å². The van der Waals surface area contributed by atoms with E-state index < -0.39 is 0 Å². The standard InChI is InChI=1S/C15H22N2O2/c1-15(11-16-2)9-4-10-17(15)14(18)12-5-7-13(19-3)8-6-12/h5-8,16H,4,9-11H2,1-3H3. The van der Waals surface area contributed by atoms with E-state index in [0.29, 0.717) is 0 Å². The zero-order valence-electron chi connectivity index (χ0n) is 11.9. The predicted octanol–water partition coefficient (Wildman–Crippen LogP) is 1.91. The highest BCUT2D eigenvalue weighted by molar-refractivity contribution is 5.95. The summed E-state index contributed by atoms with van der Waals surface area (Å²) in [6.07, 6.45) is 2.12. The second-order valence-electron chi connectivity index (χ2n) is 5.32. The van der Waals surface area contributed by atoms with Gasteiger partial charge in [0.05, 0.1) is 12.6 Å². The molecule has 0 spiro atoms. The molecule has 1 aromatic carbocycles. The summed E-state index contributed by atoms with van der Waals surface area (Å²) in [4.78, 5) is 14.6. The van der Waals surface area contributed by atoms with Gasteiger partial charge in [-0.05, 0) is 51.1 Å². The number of likely N-dealkylation sites (tertiary alicyclic amines) is 1. The van der Waals surface area contributed by atoms with Crippen LogP contribution in [-0.4, -0.2) is 43.6 Å². The quantitative estimate of drug-likeness (QED) is 0.901. The Bertz CT molecular complexity index is 444. The van der Waals surface area contributed by atoms with Gasteiger partial charge in [0, 0.05) is 18.7 Å². The number of nitrogens with one attached hydrogen (secondary N) is 1. The van der Waals surface area contributed by atoms with Crippen LogP contribution in [0.3, 0.4) is 0 Å². The molecular weight excluding hydrogens is 240 g/mol. The van der Waals surface area contributed by atoms with Crippen LogP contribution in [0.15, 0.2) is 24.3 Å². The van der Waals surface area contributed by atoms with Crippen molar-refractivity contribution < 1.29 is 9.53 Å². The molecular formula is C15H22N2O2. The van der Waals surface area contributed by atoms with Gasteiger partial charge in [-0.15, -0.1) is 0 Å². The first kappa shape index (κ1) is 13.9. The lowest BCUT2D eigenvalue weighted by molar-refractivity contribution is 0.0626. The van der Waals surface area contributed by atoms with E-state index in [1.807, 2.05) is 36.2 Å². The van der Waals surface area contributed by atoms with Crippen LogP contribution in [0.4, 0.5) is 0 Å². The van der Waals surface area contributed by atoms with Gasteiger partial charge in [-0.3, -0.25) is 4.79 Å². The molecule has 2 rings (SSSR count). The van der Waals surface area contributed by atoms with E-state index in [-0.39, 0.29) is 11.4 Å². The number of hydrogen-bond donors (Lipinski definition) is 1. The van der Waals surface area contributed by atoms with Gasteiger partial charge in [-0.25, -0.2) is 0 Å². The predicted molar refractivity (Wildman–Crippen MR) is 75.6 cm³/mol. The lowest BCUT2D eigenvalue weighted by Crippen LogP contribution is -2.50. The van der Waals surface area contributed by atoms with Crippen molar-refractivity contribution in [3.05, 3.63) is 29.8 Å². The van der Waals surface area contributed by atoms with Crippen LogP contribution in [0.25, 0.3) is 0 Å². The molecule has 104 valence electrons. The van der Waals surface area contributed by atoms with Gasteiger partial charge >= 0.3 is 0 Å². The van der Waals surface area contributed by atoms with E-state index in [2.05, 4.69) is 12.2 Å². The highest BCUT2D eigenvalue weighted by Crippen LogP contribution is 2.30. The van der Waals surface area contributed by atoms with Crippen molar-refractivity contribution in [2.24, 2.45) is 0 Å². The Kier molecular flexibility index (Phi) is 4.10. The molecule has 1 saturated heterocycles. The second-order valence-corrected chi connectivity index (χ2v) is 5.32. The average molecular weight is 262 g/mol. The normalized spacial score (nSPS) is 22.6. The van der Waals surface area contributed by atoms with Crippen molar-refractivity contribution in [3.63, 3.8) is 0 Å².